The van der Waals surface area contributed by atoms with Crippen LogP contribution in [-0.4, -0.2) is 22.0 Å². The first kappa shape index (κ1) is 12.6. The smallest absolute Gasteiger partial charge is 0.118 e. The second-order valence-electron chi connectivity index (χ2n) is 4.40. The van der Waals surface area contributed by atoms with Crippen molar-refractivity contribution < 1.29 is 9.84 Å². The minimum atomic E-state index is -0.536. The number of hydrogen-bond acceptors (Lipinski definition) is 3. The molecule has 2 aromatic rings. The van der Waals surface area contributed by atoms with E-state index in [0.29, 0.717) is 6.42 Å². The molecule has 2 rings (SSSR count). The third kappa shape index (κ3) is 2.54. The highest BCUT2D eigenvalue weighted by atomic mass is 16.5. The van der Waals surface area contributed by atoms with E-state index in [1.165, 1.54) is 0 Å². The molecule has 4 heteroatoms. The average molecular weight is 246 g/mol. The van der Waals surface area contributed by atoms with E-state index in [4.69, 9.17) is 4.74 Å². The van der Waals surface area contributed by atoms with E-state index in [2.05, 4.69) is 5.10 Å². The molecule has 0 spiro atoms. The van der Waals surface area contributed by atoms with Gasteiger partial charge in [0.2, 0.25) is 0 Å². The summed E-state index contributed by atoms with van der Waals surface area (Å²) in [6.07, 6.45) is 1.81. The Morgan fingerprint density at radius 1 is 1.33 bits per heavy atom. The molecule has 0 bridgehead atoms. The molecule has 0 saturated heterocycles. The van der Waals surface area contributed by atoms with Gasteiger partial charge in [-0.25, -0.2) is 0 Å². The number of aliphatic hydroxyl groups excluding tert-OH is 1. The summed E-state index contributed by atoms with van der Waals surface area (Å²) in [7, 11) is 3.49. The lowest BCUT2D eigenvalue weighted by molar-refractivity contribution is 0.168. The molecule has 18 heavy (non-hydrogen) atoms. The minimum absolute atomic E-state index is 0.536. The molecular formula is C14H18N2O2. The number of aryl methyl sites for hydroxylation is 2. The summed E-state index contributed by atoms with van der Waals surface area (Å²) in [5.41, 5.74) is 2.95. The van der Waals surface area contributed by atoms with Gasteiger partial charge in [-0.05, 0) is 30.2 Å². The lowest BCUT2D eigenvalue weighted by Crippen LogP contribution is -2.09. The molecule has 1 N–H and O–H groups in total. The molecule has 0 aliphatic heterocycles. The number of aliphatic hydroxyl groups is 1. The third-order valence-electron chi connectivity index (χ3n) is 3.08. The number of hydrogen-bond donors (Lipinski definition) is 1. The predicted octanol–water partition coefficient (Wildman–Crippen LogP) is 2.01. The van der Waals surface area contributed by atoms with Gasteiger partial charge in [-0.3, -0.25) is 4.68 Å². The van der Waals surface area contributed by atoms with Crippen molar-refractivity contribution in [3.05, 3.63) is 47.3 Å². The molecule has 0 aliphatic rings. The zero-order valence-corrected chi connectivity index (χ0v) is 10.9. The molecule has 0 amide bonds. The fraction of sp³-hybridized carbons (Fsp3) is 0.357. The zero-order chi connectivity index (χ0) is 13.1. The van der Waals surface area contributed by atoms with Crippen molar-refractivity contribution >= 4 is 0 Å². The normalized spacial score (nSPS) is 12.4. The molecule has 1 aromatic heterocycles. The number of rotatable bonds is 4. The Kier molecular flexibility index (Phi) is 3.67. The maximum atomic E-state index is 10.3. The quantitative estimate of drug-likeness (QED) is 0.897. The maximum absolute atomic E-state index is 10.3. The van der Waals surface area contributed by atoms with Crippen LogP contribution in [0.1, 0.15) is 22.9 Å². The summed E-state index contributed by atoms with van der Waals surface area (Å²) in [6.45, 7) is 1.96. The van der Waals surface area contributed by atoms with Gasteiger partial charge in [0, 0.05) is 13.5 Å². The van der Waals surface area contributed by atoms with Crippen LogP contribution in [0, 0.1) is 6.92 Å². The maximum Gasteiger partial charge on any atom is 0.118 e. The van der Waals surface area contributed by atoms with Crippen molar-refractivity contribution in [1.29, 1.82) is 0 Å². The van der Waals surface area contributed by atoms with E-state index in [-0.39, 0.29) is 0 Å². The molecule has 1 aromatic carbocycles. The minimum Gasteiger partial charge on any atom is -0.497 e. The van der Waals surface area contributed by atoms with Crippen LogP contribution < -0.4 is 4.74 Å². The number of benzene rings is 1. The number of nitrogens with zero attached hydrogens (tertiary/aromatic N) is 2. The highest BCUT2D eigenvalue weighted by Gasteiger charge is 2.15. The molecule has 1 atom stereocenters. The van der Waals surface area contributed by atoms with Crippen LogP contribution >= 0.6 is 0 Å². The third-order valence-corrected chi connectivity index (χ3v) is 3.08. The molecule has 96 valence electrons. The van der Waals surface area contributed by atoms with Crippen LogP contribution in [0.2, 0.25) is 0 Å². The molecule has 1 heterocycles. The Morgan fingerprint density at radius 3 is 2.50 bits per heavy atom. The number of aromatic nitrogens is 2. The van der Waals surface area contributed by atoms with Crippen LogP contribution in [0.5, 0.6) is 5.75 Å². The van der Waals surface area contributed by atoms with Gasteiger partial charge in [-0.15, -0.1) is 0 Å². The first-order chi connectivity index (χ1) is 8.61. The Balaban J connectivity index is 2.13. The Morgan fingerprint density at radius 2 is 2.00 bits per heavy atom. The molecule has 0 radical (unpaired) electrons. The lowest BCUT2D eigenvalue weighted by Gasteiger charge is -2.13. The van der Waals surface area contributed by atoms with Crippen LogP contribution in [0.3, 0.4) is 0 Å². The van der Waals surface area contributed by atoms with Gasteiger partial charge in [0.05, 0.1) is 25.1 Å². The van der Waals surface area contributed by atoms with Gasteiger partial charge in [0.25, 0.3) is 0 Å². The summed E-state index contributed by atoms with van der Waals surface area (Å²) >= 11 is 0. The zero-order valence-electron chi connectivity index (χ0n) is 10.9. The van der Waals surface area contributed by atoms with E-state index in [1.807, 2.05) is 38.2 Å². The van der Waals surface area contributed by atoms with Crippen molar-refractivity contribution in [3.63, 3.8) is 0 Å². The van der Waals surface area contributed by atoms with Gasteiger partial charge in [-0.2, -0.15) is 5.10 Å². The summed E-state index contributed by atoms with van der Waals surface area (Å²) in [5, 5.41) is 14.4. The monoisotopic (exact) mass is 246 g/mol. The van der Waals surface area contributed by atoms with E-state index >= 15 is 0 Å². The van der Waals surface area contributed by atoms with Crippen molar-refractivity contribution in [2.24, 2.45) is 7.05 Å². The van der Waals surface area contributed by atoms with Gasteiger partial charge in [0.15, 0.2) is 0 Å². The van der Waals surface area contributed by atoms with Crippen molar-refractivity contribution in [1.82, 2.24) is 9.78 Å². The second-order valence-corrected chi connectivity index (χ2v) is 4.40. The summed E-state index contributed by atoms with van der Waals surface area (Å²) in [5.74, 6) is 0.824. The Bertz CT molecular complexity index is 498. The van der Waals surface area contributed by atoms with Crippen LogP contribution in [0.15, 0.2) is 30.5 Å². The molecule has 4 nitrogen and oxygen atoms in total. The summed E-state index contributed by atoms with van der Waals surface area (Å²) in [6, 6.07) is 7.73. The number of ether oxygens (including phenoxy) is 1. The molecule has 0 saturated carbocycles. The van der Waals surface area contributed by atoms with Crippen molar-refractivity contribution in [3.8, 4) is 5.75 Å². The van der Waals surface area contributed by atoms with Gasteiger partial charge < -0.3 is 9.84 Å². The Labute approximate surface area is 107 Å². The number of methoxy groups -OCH3 is 1. The van der Waals surface area contributed by atoms with Gasteiger partial charge in [-0.1, -0.05) is 12.1 Å². The van der Waals surface area contributed by atoms with E-state index < -0.39 is 6.10 Å². The van der Waals surface area contributed by atoms with Crippen LogP contribution in [0.25, 0.3) is 0 Å². The SMILES string of the molecule is COc1ccc(CC(O)c2c(C)cnn2C)cc1. The van der Waals surface area contributed by atoms with Crippen LogP contribution in [0.4, 0.5) is 0 Å². The first-order valence-electron chi connectivity index (χ1n) is 5.91. The first-order valence-corrected chi connectivity index (χ1v) is 5.91. The standard InChI is InChI=1S/C14H18N2O2/c1-10-9-15-16(2)14(10)13(17)8-11-4-6-12(18-3)7-5-11/h4-7,9,13,17H,8H2,1-3H3. The highest BCUT2D eigenvalue weighted by molar-refractivity contribution is 5.29. The lowest BCUT2D eigenvalue weighted by atomic mass is 10.0. The molecule has 0 aliphatic carbocycles. The largest absolute Gasteiger partial charge is 0.497 e. The van der Waals surface area contributed by atoms with E-state index in [0.717, 1.165) is 22.6 Å². The predicted molar refractivity (Wildman–Crippen MR) is 69.6 cm³/mol. The Hall–Kier alpha value is -1.81. The van der Waals surface area contributed by atoms with E-state index in [9.17, 15) is 5.11 Å². The van der Waals surface area contributed by atoms with Crippen molar-refractivity contribution in [2.45, 2.75) is 19.4 Å². The fourth-order valence-corrected chi connectivity index (χ4v) is 2.12. The van der Waals surface area contributed by atoms with Gasteiger partial charge in [0.1, 0.15) is 5.75 Å². The van der Waals surface area contributed by atoms with Crippen molar-refractivity contribution in [2.75, 3.05) is 7.11 Å². The summed E-state index contributed by atoms with van der Waals surface area (Å²) < 4.78 is 6.83. The van der Waals surface area contributed by atoms with Gasteiger partial charge >= 0.3 is 0 Å². The average Bonchev–Trinajstić information content (AvgIpc) is 2.70. The summed E-state index contributed by atoms with van der Waals surface area (Å²) in [4.78, 5) is 0. The molecule has 1 unspecified atom stereocenters. The molecule has 0 fully saturated rings. The van der Waals surface area contributed by atoms with Crippen LogP contribution in [-0.2, 0) is 13.5 Å². The van der Waals surface area contributed by atoms with E-state index in [1.54, 1.807) is 18.0 Å². The fourth-order valence-electron chi connectivity index (χ4n) is 2.12. The second kappa shape index (κ2) is 5.23. The topological polar surface area (TPSA) is 47.3 Å². The highest BCUT2D eigenvalue weighted by Crippen LogP contribution is 2.22. The molecular weight excluding hydrogens is 228 g/mol.